The molecule has 0 aromatic heterocycles. The molecule has 0 radical (unpaired) electrons. The Kier molecular flexibility index (Phi) is 23.9. The molecule has 37 heteroatoms. The van der Waals surface area contributed by atoms with Crippen molar-refractivity contribution in [2.75, 3.05) is 13.2 Å². The summed E-state index contributed by atoms with van der Waals surface area (Å²) in [5.74, 6) is -98.9. The molecule has 2 aromatic carbocycles. The summed E-state index contributed by atoms with van der Waals surface area (Å²) >= 11 is 0. The van der Waals surface area contributed by atoms with Crippen LogP contribution in [0.2, 0.25) is 0 Å². The first-order valence-corrected chi connectivity index (χ1v) is 29.2. The first-order chi connectivity index (χ1) is 45.4. The number of carboxylic acid groups (broad SMARTS) is 2. The maximum Gasteiger partial charge on any atom is 0.460 e. The van der Waals surface area contributed by atoms with E-state index in [4.69, 9.17) is 23.7 Å². The van der Waals surface area contributed by atoms with Crippen molar-refractivity contribution >= 4 is 36.0 Å². The molecule has 0 spiro atoms. The SMILES string of the molecule is CCO/C=C\C1CC(/C=C/C2OC(/C=C\c3ccccc3)C(C(=O)O)C2C(=O)O)CC1C(F)(F)C(F)(F)C(F)(F)C(F)(F)C(F)(F)C(F)(F)F.CCO/C=C\C1CC(/C=C/C2OC(/C=C\c3ccccc3)[C@@H]3C(=O)OC(=O)[C@H]23)CC1C(F)(F)C(F)(F)C(F)(F)C(F)(F)C(F)(F)C(F)(F)F. The van der Waals surface area contributed by atoms with Crippen LogP contribution in [0.3, 0.4) is 0 Å². The van der Waals surface area contributed by atoms with Crippen molar-refractivity contribution in [2.24, 2.45) is 59.2 Å². The molecule has 99 heavy (non-hydrogen) atoms. The van der Waals surface area contributed by atoms with Crippen molar-refractivity contribution in [1.29, 1.82) is 0 Å². The number of allylic oxidation sites excluding steroid dienone is 4. The Balaban J connectivity index is 0.000000312. The van der Waals surface area contributed by atoms with Crippen molar-refractivity contribution < 1.29 is 167 Å². The Morgan fingerprint density at radius 1 is 0.414 bits per heavy atom. The van der Waals surface area contributed by atoms with Gasteiger partial charge in [0, 0.05) is 11.8 Å². The van der Waals surface area contributed by atoms with Crippen molar-refractivity contribution in [3.63, 3.8) is 0 Å². The largest absolute Gasteiger partial charge is 0.502 e. The molecule has 5 aliphatic rings. The topological polar surface area (TPSA) is 155 Å². The monoisotopic (exact) mass is 1470 g/mol. The van der Waals surface area contributed by atoms with Crippen molar-refractivity contribution in [1.82, 2.24) is 0 Å². The molecule has 3 saturated heterocycles. The van der Waals surface area contributed by atoms with Gasteiger partial charge < -0.3 is 33.9 Å². The van der Waals surface area contributed by atoms with Gasteiger partial charge in [-0.15, -0.1) is 0 Å². The van der Waals surface area contributed by atoms with Gasteiger partial charge in [-0.25, -0.2) is 0 Å². The van der Waals surface area contributed by atoms with Gasteiger partial charge in [0.15, 0.2) is 0 Å². The van der Waals surface area contributed by atoms with E-state index in [1.54, 1.807) is 66.7 Å². The Morgan fingerprint density at radius 3 is 1.05 bits per heavy atom. The second-order valence-electron chi connectivity index (χ2n) is 23.4. The van der Waals surface area contributed by atoms with Gasteiger partial charge in [0.25, 0.3) is 0 Å². The summed E-state index contributed by atoms with van der Waals surface area (Å²) < 4.78 is 388. The molecule has 14 atom stereocenters. The number of benzene rings is 2. The van der Waals surface area contributed by atoms with Crippen LogP contribution in [0.4, 0.5) is 114 Å². The van der Waals surface area contributed by atoms with E-state index in [1.807, 2.05) is 0 Å². The highest BCUT2D eigenvalue weighted by atomic mass is 19.4. The van der Waals surface area contributed by atoms with Gasteiger partial charge in [-0.2, -0.15) is 114 Å². The van der Waals surface area contributed by atoms with Crippen LogP contribution >= 0.6 is 0 Å². The third kappa shape index (κ3) is 15.2. The summed E-state index contributed by atoms with van der Waals surface area (Å²) in [6.07, 6.45) is -11.6. The average Bonchev–Trinajstić information content (AvgIpc) is 0.998. The molecule has 2 aromatic rings. The predicted molar refractivity (Wildman–Crippen MR) is 289 cm³/mol. The summed E-state index contributed by atoms with van der Waals surface area (Å²) in [6.45, 7) is 2.54. The summed E-state index contributed by atoms with van der Waals surface area (Å²) in [5, 5.41) is 19.5. The number of halogens is 26. The Hall–Kier alpha value is -7.34. The molecular weight excluding hydrogens is 1410 g/mol. The molecule has 3 heterocycles. The Bertz CT molecular complexity index is 3330. The summed E-state index contributed by atoms with van der Waals surface area (Å²) in [5.41, 5.74) is 1.25. The van der Waals surface area contributed by atoms with E-state index in [9.17, 15) is 126 Å². The van der Waals surface area contributed by atoms with Crippen molar-refractivity contribution in [3.05, 3.63) is 133 Å². The molecule has 0 amide bonds. The molecule has 3 aliphatic heterocycles. The van der Waals surface area contributed by atoms with Crippen LogP contribution in [0.1, 0.15) is 50.7 Å². The minimum Gasteiger partial charge on any atom is -0.502 e. The summed E-state index contributed by atoms with van der Waals surface area (Å²) in [7, 11) is 0. The lowest BCUT2D eigenvalue weighted by molar-refractivity contribution is -0.443. The van der Waals surface area contributed by atoms with Crippen LogP contribution < -0.4 is 0 Å². The van der Waals surface area contributed by atoms with Gasteiger partial charge >= 0.3 is 95.5 Å². The molecule has 7 rings (SSSR count). The maximum atomic E-state index is 15.3. The second kappa shape index (κ2) is 29.3. The molecular formula is C62H56F26O11. The zero-order valence-corrected chi connectivity index (χ0v) is 50.4. The number of alkyl halides is 26. The number of carboxylic acids is 2. The van der Waals surface area contributed by atoms with E-state index in [2.05, 4.69) is 0 Å². The Morgan fingerprint density at radius 2 is 0.717 bits per heavy atom. The lowest BCUT2D eigenvalue weighted by Gasteiger charge is -2.42. The highest BCUT2D eigenvalue weighted by molar-refractivity contribution is 5.98. The first kappa shape index (κ1) is 80.6. The van der Waals surface area contributed by atoms with E-state index in [0.29, 0.717) is 29.5 Å². The summed E-state index contributed by atoms with van der Waals surface area (Å²) in [6, 6.07) is 16.8. The van der Waals surface area contributed by atoms with Gasteiger partial charge in [-0.05, 0) is 86.5 Å². The normalized spacial score (nSPS) is 28.3. The van der Waals surface area contributed by atoms with Crippen LogP contribution in [0.25, 0.3) is 12.2 Å². The van der Waals surface area contributed by atoms with Gasteiger partial charge in [0.1, 0.15) is 23.7 Å². The van der Waals surface area contributed by atoms with Crippen molar-refractivity contribution in [2.45, 2.75) is 136 Å². The van der Waals surface area contributed by atoms with Crippen LogP contribution in [-0.2, 0) is 42.9 Å². The second-order valence-corrected chi connectivity index (χ2v) is 23.4. The third-order valence-corrected chi connectivity index (χ3v) is 17.2. The number of cyclic esters (lactones) is 2. The van der Waals surface area contributed by atoms with Crippen molar-refractivity contribution in [3.8, 4) is 0 Å². The zero-order valence-electron chi connectivity index (χ0n) is 50.4. The van der Waals surface area contributed by atoms with Crippen LogP contribution in [-0.4, -0.2) is 143 Å². The molecule has 2 N–H and O–H groups in total. The molecule has 2 aliphatic carbocycles. The number of esters is 2. The van der Waals surface area contributed by atoms with Gasteiger partial charge in [-0.3, -0.25) is 19.2 Å². The highest BCUT2D eigenvalue weighted by Gasteiger charge is 2.93. The van der Waals surface area contributed by atoms with Crippen LogP contribution in [0.15, 0.2) is 122 Å². The minimum absolute atomic E-state index is 0.100. The first-order valence-electron chi connectivity index (χ1n) is 29.2. The Labute approximate surface area is 543 Å². The number of hydrogen-bond acceptors (Lipinski definition) is 9. The molecule has 11 nitrogen and oxygen atoms in total. The fourth-order valence-electron chi connectivity index (χ4n) is 12.0. The maximum absolute atomic E-state index is 15.3. The third-order valence-electron chi connectivity index (χ3n) is 17.2. The van der Waals surface area contributed by atoms with E-state index >= 15 is 17.6 Å². The number of hydrogen-bond donors (Lipinski definition) is 2. The van der Waals surface area contributed by atoms with Gasteiger partial charge in [-0.1, -0.05) is 109 Å². The lowest BCUT2D eigenvalue weighted by Crippen LogP contribution is -2.71. The number of ether oxygens (including phenoxy) is 5. The number of fused-ring (bicyclic) bond motifs is 1. The summed E-state index contributed by atoms with van der Waals surface area (Å²) in [4.78, 5) is 49.0. The number of aliphatic carboxylic acids is 2. The fourth-order valence-corrected chi connectivity index (χ4v) is 12.0. The molecule has 0 bridgehead atoms. The van der Waals surface area contributed by atoms with Crippen LogP contribution in [0, 0.1) is 59.2 Å². The number of carbonyl (C=O) groups is 4. The molecule has 12 unspecified atom stereocenters. The molecule has 2 saturated carbocycles. The highest BCUT2D eigenvalue weighted by Crippen LogP contribution is 2.66. The number of rotatable bonds is 26. The average molecular weight is 1470 g/mol. The van der Waals surface area contributed by atoms with Crippen LogP contribution in [0.5, 0.6) is 0 Å². The number of carbonyl (C=O) groups excluding carboxylic acids is 2. The van der Waals surface area contributed by atoms with E-state index in [0.717, 1.165) is 30.6 Å². The lowest BCUT2D eigenvalue weighted by atomic mass is 9.82. The van der Waals surface area contributed by atoms with E-state index < -0.39 is 205 Å². The minimum atomic E-state index is -8.04. The quantitative estimate of drug-likeness (QED) is 0.0304. The zero-order chi connectivity index (χ0) is 74.9. The standard InChI is InChI=1S/C31H29F13O6.C31H27F13O5/c1-2-49-13-12-18-14-17(15-19(18)26(32,33)27(34,35)28(36,37)29(38,39)30(40,41)31(42,43)44)9-11-21-23(25(47)48)22(24(45)46)20(50-21)10-8-16-6-4-3-5-7-16;1-2-47-13-12-18-14-17(15-19(18)26(32,33)27(34,35)28(36,37)29(38,39)30(40,41)31(42,43)44)9-11-21-23-22(24(45)49-25(23)46)20(48-21)10-8-16-6-4-3-5-7-16/h3-13,17-23H,2,14-15H2,1H3,(H,45,46)(H,47,48);3-13,17-23H,2,14-15H2,1H3/b2*10-8-,11-9+,13-12-/t;17?,18?,19?,20?,21?,22-,23+/m.0/s1. The smallest absolute Gasteiger partial charge is 0.460 e. The van der Waals surface area contributed by atoms with Gasteiger partial charge in [0.05, 0.1) is 50.2 Å². The molecule has 552 valence electrons. The van der Waals surface area contributed by atoms with E-state index in [1.165, 1.54) is 32.1 Å². The molecule has 5 fully saturated rings. The van der Waals surface area contributed by atoms with E-state index in [-0.39, 0.29) is 13.2 Å². The van der Waals surface area contributed by atoms with Gasteiger partial charge in [0.2, 0.25) is 0 Å². The predicted octanol–water partition coefficient (Wildman–Crippen LogP) is 16.6. The fraction of sp³-hybridized carbons (Fsp3) is 0.548.